The zero-order valence-corrected chi connectivity index (χ0v) is 14.6. The van der Waals surface area contributed by atoms with Gasteiger partial charge in [-0.05, 0) is 30.3 Å². The van der Waals surface area contributed by atoms with Crippen molar-refractivity contribution in [1.82, 2.24) is 5.32 Å². The van der Waals surface area contributed by atoms with E-state index >= 15 is 0 Å². The predicted octanol–water partition coefficient (Wildman–Crippen LogP) is 1.78. The summed E-state index contributed by atoms with van der Waals surface area (Å²) in [4.78, 5) is 35.1. The Kier molecular flexibility index (Phi) is 6.73. The second-order valence-electron chi connectivity index (χ2n) is 5.37. The predicted molar refractivity (Wildman–Crippen MR) is 96.1 cm³/mol. The Labute approximate surface area is 151 Å². The van der Waals surface area contributed by atoms with Crippen LogP contribution in [0.5, 0.6) is 5.75 Å². The number of esters is 1. The topological polar surface area (TPSA) is 93.7 Å². The number of benzene rings is 2. The molecule has 2 amide bonds. The van der Waals surface area contributed by atoms with Gasteiger partial charge in [0.05, 0.1) is 20.6 Å². The Balaban J connectivity index is 1.93. The number of rotatable bonds is 7. The van der Waals surface area contributed by atoms with Crippen molar-refractivity contribution in [2.75, 3.05) is 26.1 Å². The number of hydrogen-bond donors (Lipinski definition) is 2. The van der Waals surface area contributed by atoms with E-state index in [4.69, 9.17) is 4.74 Å². The van der Waals surface area contributed by atoms with Gasteiger partial charge in [0, 0.05) is 16.8 Å². The van der Waals surface area contributed by atoms with E-state index in [1.807, 2.05) is 18.2 Å². The number of carbonyl (C=O) groups excluding carboxylic acids is 3. The molecule has 0 aliphatic rings. The molecule has 0 saturated carbocycles. The molecule has 2 rings (SSSR count). The van der Waals surface area contributed by atoms with Crippen molar-refractivity contribution in [3.05, 3.63) is 59.7 Å². The van der Waals surface area contributed by atoms with Crippen molar-refractivity contribution in [2.45, 2.75) is 6.42 Å². The summed E-state index contributed by atoms with van der Waals surface area (Å²) in [6.07, 6.45) is 0.172. The van der Waals surface area contributed by atoms with Gasteiger partial charge in [0.2, 0.25) is 5.91 Å². The molecule has 0 aliphatic heterocycles. The minimum Gasteiger partial charge on any atom is -0.496 e. The molecule has 7 heteroatoms. The lowest BCUT2D eigenvalue weighted by atomic mass is 10.1. The van der Waals surface area contributed by atoms with Crippen molar-refractivity contribution >= 4 is 23.5 Å². The maximum atomic E-state index is 12.2. The molecule has 26 heavy (non-hydrogen) atoms. The van der Waals surface area contributed by atoms with E-state index in [2.05, 4.69) is 15.4 Å². The summed E-state index contributed by atoms with van der Waals surface area (Å²) in [5.41, 5.74) is 1.72. The van der Waals surface area contributed by atoms with E-state index in [1.165, 1.54) is 7.11 Å². The monoisotopic (exact) mass is 356 g/mol. The zero-order valence-electron chi connectivity index (χ0n) is 14.6. The van der Waals surface area contributed by atoms with Gasteiger partial charge in [0.25, 0.3) is 5.91 Å². The average Bonchev–Trinajstić information content (AvgIpc) is 2.66. The first-order valence-electron chi connectivity index (χ1n) is 7.90. The summed E-state index contributed by atoms with van der Waals surface area (Å²) in [6.45, 7) is -0.202. The Morgan fingerprint density at radius 1 is 0.962 bits per heavy atom. The van der Waals surface area contributed by atoms with Crippen molar-refractivity contribution < 1.29 is 23.9 Å². The third kappa shape index (κ3) is 5.34. The van der Waals surface area contributed by atoms with Crippen LogP contribution in [-0.4, -0.2) is 38.5 Å². The van der Waals surface area contributed by atoms with Crippen LogP contribution in [0.15, 0.2) is 48.5 Å². The van der Waals surface area contributed by atoms with Crippen molar-refractivity contribution in [3.8, 4) is 5.75 Å². The fraction of sp³-hybridized carbons (Fsp3) is 0.211. The Morgan fingerprint density at radius 3 is 2.31 bits per heavy atom. The summed E-state index contributed by atoms with van der Waals surface area (Å²) in [6, 6.07) is 13.7. The number of hydrogen-bond acceptors (Lipinski definition) is 5. The molecule has 0 heterocycles. The van der Waals surface area contributed by atoms with Gasteiger partial charge in [-0.2, -0.15) is 0 Å². The molecule has 0 aromatic heterocycles. The number of nitrogens with one attached hydrogen (secondary N) is 2. The van der Waals surface area contributed by atoms with Gasteiger partial charge < -0.3 is 20.1 Å². The lowest BCUT2D eigenvalue weighted by Gasteiger charge is -2.09. The van der Waals surface area contributed by atoms with E-state index in [0.29, 0.717) is 17.0 Å². The quantitative estimate of drug-likeness (QED) is 0.738. The maximum absolute atomic E-state index is 12.2. The third-order valence-electron chi connectivity index (χ3n) is 3.60. The molecular formula is C19H20N2O5. The van der Waals surface area contributed by atoms with Crippen LogP contribution in [0.1, 0.15) is 15.9 Å². The first-order chi connectivity index (χ1) is 12.5. The standard InChI is InChI=1S/C19H20N2O5/c1-25-16-6-4-3-5-14(16)11-17(22)21-15-9-7-13(8-10-15)19(24)20-12-18(23)26-2/h3-10H,11-12H2,1-2H3,(H,20,24)(H,21,22). The fourth-order valence-electron chi connectivity index (χ4n) is 2.26. The van der Waals surface area contributed by atoms with Crippen LogP contribution in [0.4, 0.5) is 5.69 Å². The van der Waals surface area contributed by atoms with Crippen molar-refractivity contribution in [1.29, 1.82) is 0 Å². The molecule has 2 aromatic carbocycles. The van der Waals surface area contributed by atoms with Crippen LogP contribution in [0, 0.1) is 0 Å². The molecule has 0 fully saturated rings. The fourth-order valence-corrected chi connectivity index (χ4v) is 2.26. The molecule has 0 bridgehead atoms. The molecule has 0 radical (unpaired) electrons. The molecule has 0 unspecified atom stereocenters. The average molecular weight is 356 g/mol. The smallest absolute Gasteiger partial charge is 0.325 e. The first-order valence-corrected chi connectivity index (χ1v) is 7.90. The van der Waals surface area contributed by atoms with Crippen molar-refractivity contribution in [2.24, 2.45) is 0 Å². The van der Waals surface area contributed by atoms with Gasteiger partial charge in [-0.1, -0.05) is 18.2 Å². The minimum atomic E-state index is -0.529. The van der Waals surface area contributed by atoms with E-state index in [9.17, 15) is 14.4 Å². The SMILES string of the molecule is COC(=O)CNC(=O)c1ccc(NC(=O)Cc2ccccc2OC)cc1. The largest absolute Gasteiger partial charge is 0.496 e. The normalized spacial score (nSPS) is 9.92. The summed E-state index contributed by atoms with van der Waals surface area (Å²) >= 11 is 0. The third-order valence-corrected chi connectivity index (χ3v) is 3.60. The first kappa shape index (κ1) is 19.0. The van der Waals surface area contributed by atoms with Crippen LogP contribution in [0.3, 0.4) is 0 Å². The Morgan fingerprint density at radius 2 is 1.65 bits per heavy atom. The summed E-state index contributed by atoms with van der Waals surface area (Å²) in [5, 5.41) is 5.21. The molecule has 0 atom stereocenters. The summed E-state index contributed by atoms with van der Waals surface area (Å²) in [7, 11) is 2.80. The summed E-state index contributed by atoms with van der Waals surface area (Å²) < 4.78 is 9.68. The molecular weight excluding hydrogens is 336 g/mol. The molecule has 7 nitrogen and oxygen atoms in total. The molecule has 136 valence electrons. The molecule has 2 aromatic rings. The zero-order chi connectivity index (χ0) is 18.9. The van der Waals surface area contributed by atoms with Gasteiger partial charge in [0.15, 0.2) is 0 Å². The lowest BCUT2D eigenvalue weighted by Crippen LogP contribution is -2.30. The van der Waals surface area contributed by atoms with Gasteiger partial charge in [-0.25, -0.2) is 0 Å². The van der Waals surface area contributed by atoms with Crippen LogP contribution in [0.25, 0.3) is 0 Å². The van der Waals surface area contributed by atoms with Crippen molar-refractivity contribution in [3.63, 3.8) is 0 Å². The number of anilines is 1. The van der Waals surface area contributed by atoms with Crippen LogP contribution < -0.4 is 15.4 Å². The minimum absolute atomic E-state index is 0.172. The highest BCUT2D eigenvalue weighted by Gasteiger charge is 2.10. The molecule has 2 N–H and O–H groups in total. The maximum Gasteiger partial charge on any atom is 0.325 e. The van der Waals surface area contributed by atoms with Crippen LogP contribution in [0.2, 0.25) is 0 Å². The van der Waals surface area contributed by atoms with Gasteiger partial charge in [-0.3, -0.25) is 14.4 Å². The molecule has 0 aliphatic carbocycles. The number of amides is 2. The highest BCUT2D eigenvalue weighted by atomic mass is 16.5. The number of ether oxygens (including phenoxy) is 2. The van der Waals surface area contributed by atoms with Gasteiger partial charge >= 0.3 is 5.97 Å². The number of carbonyl (C=O) groups is 3. The van der Waals surface area contributed by atoms with E-state index in [-0.39, 0.29) is 18.9 Å². The van der Waals surface area contributed by atoms with E-state index in [0.717, 1.165) is 5.56 Å². The van der Waals surface area contributed by atoms with E-state index in [1.54, 1.807) is 37.4 Å². The number of methoxy groups -OCH3 is 2. The Hall–Kier alpha value is -3.35. The Bertz CT molecular complexity index is 787. The highest BCUT2D eigenvalue weighted by Crippen LogP contribution is 2.18. The number of para-hydroxylation sites is 1. The summed E-state index contributed by atoms with van der Waals surface area (Å²) in [5.74, 6) is -0.474. The second kappa shape index (κ2) is 9.22. The van der Waals surface area contributed by atoms with E-state index < -0.39 is 11.9 Å². The highest BCUT2D eigenvalue weighted by molar-refractivity contribution is 5.97. The molecule has 0 spiro atoms. The second-order valence-corrected chi connectivity index (χ2v) is 5.37. The van der Waals surface area contributed by atoms with Crippen LogP contribution in [-0.2, 0) is 20.7 Å². The lowest BCUT2D eigenvalue weighted by molar-refractivity contribution is -0.139. The molecule has 0 saturated heterocycles. The van der Waals surface area contributed by atoms with Gasteiger partial charge in [0.1, 0.15) is 12.3 Å². The van der Waals surface area contributed by atoms with Crippen LogP contribution >= 0.6 is 0 Å². The van der Waals surface area contributed by atoms with Gasteiger partial charge in [-0.15, -0.1) is 0 Å².